The maximum Gasteiger partial charge on any atom is 0.309 e. The number of benzene rings is 1. The maximum absolute atomic E-state index is 12.2. The van der Waals surface area contributed by atoms with E-state index < -0.39 is 5.92 Å². The molecule has 1 aromatic carbocycles. The lowest BCUT2D eigenvalue weighted by molar-refractivity contribution is -0.155. The molecular formula is C19H28O5. The van der Waals surface area contributed by atoms with Crippen molar-refractivity contribution in [3.05, 3.63) is 29.8 Å². The van der Waals surface area contributed by atoms with Crippen LogP contribution in [0, 0.1) is 5.92 Å². The minimum atomic E-state index is -0.529. The molecule has 5 heteroatoms. The van der Waals surface area contributed by atoms with Gasteiger partial charge in [-0.3, -0.25) is 9.59 Å². The molecule has 0 saturated carbocycles. The molecule has 1 atom stereocenters. The first kappa shape index (κ1) is 20.0. The van der Waals surface area contributed by atoms with Crippen molar-refractivity contribution >= 4 is 11.9 Å². The molecule has 5 nitrogen and oxygen atoms in total. The predicted molar refractivity (Wildman–Crippen MR) is 91.9 cm³/mol. The van der Waals surface area contributed by atoms with Gasteiger partial charge in [0.1, 0.15) is 5.75 Å². The average molecular weight is 336 g/mol. The molecule has 0 aromatic heterocycles. The Morgan fingerprint density at radius 1 is 0.958 bits per heavy atom. The molecule has 0 heterocycles. The fourth-order valence-electron chi connectivity index (χ4n) is 2.21. The molecule has 0 amide bonds. The Bertz CT molecular complexity index is 495. The Hall–Kier alpha value is -2.04. The summed E-state index contributed by atoms with van der Waals surface area (Å²) in [4.78, 5) is 24.1. The van der Waals surface area contributed by atoms with Gasteiger partial charge in [0.2, 0.25) is 0 Å². The molecular weight excluding hydrogens is 308 g/mol. The summed E-state index contributed by atoms with van der Waals surface area (Å²) < 4.78 is 15.7. The number of carbonyl (C=O) groups is 2. The van der Waals surface area contributed by atoms with E-state index in [1.54, 1.807) is 0 Å². The number of rotatable bonds is 11. The van der Waals surface area contributed by atoms with Crippen LogP contribution in [0.4, 0.5) is 0 Å². The van der Waals surface area contributed by atoms with Crippen LogP contribution in [-0.4, -0.2) is 31.8 Å². The van der Waals surface area contributed by atoms with Crippen molar-refractivity contribution in [1.29, 1.82) is 0 Å². The SMILES string of the molecule is CCCOC(=O)CC(Cc1ccc(OCC)cc1)C(=O)OCCC. The first-order valence-electron chi connectivity index (χ1n) is 8.64. The number of ether oxygens (including phenoxy) is 3. The number of hydrogen-bond acceptors (Lipinski definition) is 5. The van der Waals surface area contributed by atoms with Crippen molar-refractivity contribution in [2.45, 2.75) is 46.5 Å². The van der Waals surface area contributed by atoms with Gasteiger partial charge in [0.25, 0.3) is 0 Å². The van der Waals surface area contributed by atoms with Gasteiger partial charge in [0, 0.05) is 0 Å². The van der Waals surface area contributed by atoms with E-state index in [2.05, 4.69) is 0 Å². The first-order chi connectivity index (χ1) is 11.6. The molecule has 1 unspecified atom stereocenters. The molecule has 1 aromatic rings. The predicted octanol–water partition coefficient (Wildman–Crippen LogP) is 3.54. The van der Waals surface area contributed by atoms with Gasteiger partial charge in [0.15, 0.2) is 0 Å². The molecule has 0 saturated heterocycles. The van der Waals surface area contributed by atoms with Gasteiger partial charge in [-0.1, -0.05) is 26.0 Å². The van der Waals surface area contributed by atoms with Gasteiger partial charge in [-0.15, -0.1) is 0 Å². The van der Waals surface area contributed by atoms with Crippen LogP contribution in [0.25, 0.3) is 0 Å². The normalized spacial score (nSPS) is 11.6. The van der Waals surface area contributed by atoms with Crippen molar-refractivity contribution < 1.29 is 23.8 Å². The second-order valence-corrected chi connectivity index (χ2v) is 5.57. The highest BCUT2D eigenvalue weighted by Gasteiger charge is 2.24. The zero-order valence-corrected chi connectivity index (χ0v) is 14.9. The third kappa shape index (κ3) is 7.49. The summed E-state index contributed by atoms with van der Waals surface area (Å²) >= 11 is 0. The Labute approximate surface area is 144 Å². The van der Waals surface area contributed by atoms with Crippen LogP contribution in [-0.2, 0) is 25.5 Å². The summed E-state index contributed by atoms with van der Waals surface area (Å²) in [5, 5.41) is 0. The van der Waals surface area contributed by atoms with E-state index in [4.69, 9.17) is 14.2 Å². The van der Waals surface area contributed by atoms with Gasteiger partial charge in [-0.25, -0.2) is 0 Å². The quantitative estimate of drug-likeness (QED) is 0.578. The lowest BCUT2D eigenvalue weighted by Gasteiger charge is -2.16. The average Bonchev–Trinajstić information content (AvgIpc) is 2.59. The van der Waals surface area contributed by atoms with Crippen LogP contribution in [0.5, 0.6) is 5.75 Å². The van der Waals surface area contributed by atoms with Crippen LogP contribution < -0.4 is 4.74 Å². The molecule has 0 aliphatic carbocycles. The monoisotopic (exact) mass is 336 g/mol. The molecule has 1 rings (SSSR count). The lowest BCUT2D eigenvalue weighted by Crippen LogP contribution is -2.24. The topological polar surface area (TPSA) is 61.8 Å². The summed E-state index contributed by atoms with van der Waals surface area (Å²) in [5.41, 5.74) is 0.959. The zero-order valence-electron chi connectivity index (χ0n) is 14.9. The number of hydrogen-bond donors (Lipinski definition) is 0. The van der Waals surface area contributed by atoms with E-state index in [9.17, 15) is 9.59 Å². The molecule has 0 spiro atoms. The van der Waals surface area contributed by atoms with Gasteiger partial charge in [-0.2, -0.15) is 0 Å². The van der Waals surface area contributed by atoms with Crippen molar-refractivity contribution in [2.75, 3.05) is 19.8 Å². The van der Waals surface area contributed by atoms with E-state index in [-0.39, 0.29) is 18.4 Å². The van der Waals surface area contributed by atoms with Crippen LogP contribution in [0.3, 0.4) is 0 Å². The minimum absolute atomic E-state index is 0.0375. The standard InChI is InChI=1S/C19H28O5/c1-4-11-23-18(20)14-16(19(21)24-12-5-2)13-15-7-9-17(10-8-15)22-6-3/h7-10,16H,4-6,11-14H2,1-3H3. The summed E-state index contributed by atoms with van der Waals surface area (Å²) in [5.74, 6) is -0.451. The molecule has 0 N–H and O–H groups in total. The zero-order chi connectivity index (χ0) is 17.8. The lowest BCUT2D eigenvalue weighted by atomic mass is 9.96. The molecule has 0 radical (unpaired) electrons. The molecule has 0 fully saturated rings. The molecule has 0 aliphatic rings. The second kappa shape index (κ2) is 11.5. The highest BCUT2D eigenvalue weighted by Crippen LogP contribution is 2.19. The first-order valence-corrected chi connectivity index (χ1v) is 8.64. The third-order valence-electron chi connectivity index (χ3n) is 3.38. The fraction of sp³-hybridized carbons (Fsp3) is 0.579. The summed E-state index contributed by atoms with van der Waals surface area (Å²) in [6.45, 7) is 7.13. The highest BCUT2D eigenvalue weighted by atomic mass is 16.5. The molecule has 134 valence electrons. The van der Waals surface area contributed by atoms with Gasteiger partial charge >= 0.3 is 11.9 Å². The van der Waals surface area contributed by atoms with E-state index in [0.717, 1.165) is 24.2 Å². The van der Waals surface area contributed by atoms with Crippen molar-refractivity contribution in [1.82, 2.24) is 0 Å². The van der Waals surface area contributed by atoms with Gasteiger partial charge < -0.3 is 14.2 Å². The Balaban J connectivity index is 2.72. The smallest absolute Gasteiger partial charge is 0.309 e. The number of carbonyl (C=O) groups excluding carboxylic acids is 2. The van der Waals surface area contributed by atoms with Crippen LogP contribution in [0.2, 0.25) is 0 Å². The summed E-state index contributed by atoms with van der Waals surface area (Å²) in [6.07, 6.45) is 1.99. The Morgan fingerprint density at radius 3 is 2.17 bits per heavy atom. The maximum atomic E-state index is 12.2. The van der Waals surface area contributed by atoms with Crippen LogP contribution in [0.1, 0.15) is 45.6 Å². The van der Waals surface area contributed by atoms with E-state index >= 15 is 0 Å². The third-order valence-corrected chi connectivity index (χ3v) is 3.38. The van der Waals surface area contributed by atoms with E-state index in [0.29, 0.717) is 26.2 Å². The largest absolute Gasteiger partial charge is 0.494 e. The van der Waals surface area contributed by atoms with Crippen LogP contribution in [0.15, 0.2) is 24.3 Å². The fourth-order valence-corrected chi connectivity index (χ4v) is 2.21. The van der Waals surface area contributed by atoms with Gasteiger partial charge in [-0.05, 0) is 43.9 Å². The summed E-state index contributed by atoms with van der Waals surface area (Å²) in [7, 11) is 0. The molecule has 24 heavy (non-hydrogen) atoms. The van der Waals surface area contributed by atoms with E-state index in [1.165, 1.54) is 0 Å². The molecule has 0 aliphatic heterocycles. The van der Waals surface area contributed by atoms with Gasteiger partial charge in [0.05, 0.1) is 32.2 Å². The Morgan fingerprint density at radius 2 is 1.58 bits per heavy atom. The Kier molecular flexibility index (Phi) is 9.58. The van der Waals surface area contributed by atoms with Crippen molar-refractivity contribution in [3.8, 4) is 5.75 Å². The van der Waals surface area contributed by atoms with E-state index in [1.807, 2.05) is 45.0 Å². The molecule has 0 bridgehead atoms. The summed E-state index contributed by atoms with van der Waals surface area (Å²) in [6, 6.07) is 7.54. The van der Waals surface area contributed by atoms with Crippen molar-refractivity contribution in [2.24, 2.45) is 5.92 Å². The highest BCUT2D eigenvalue weighted by molar-refractivity contribution is 5.80. The second-order valence-electron chi connectivity index (χ2n) is 5.57. The number of esters is 2. The van der Waals surface area contributed by atoms with Crippen LogP contribution >= 0.6 is 0 Å². The van der Waals surface area contributed by atoms with Crippen molar-refractivity contribution in [3.63, 3.8) is 0 Å². The minimum Gasteiger partial charge on any atom is -0.494 e.